The highest BCUT2D eigenvalue weighted by atomic mass is 16.5. The lowest BCUT2D eigenvalue weighted by molar-refractivity contribution is 0.0313. The van der Waals surface area contributed by atoms with E-state index in [2.05, 4.69) is 17.9 Å². The van der Waals surface area contributed by atoms with Gasteiger partial charge in [0.25, 0.3) is 0 Å². The minimum atomic E-state index is 0.404. The molecule has 0 heterocycles. The van der Waals surface area contributed by atoms with Gasteiger partial charge in [-0.25, -0.2) is 0 Å². The molecular formula is C12H22N2O. The first kappa shape index (κ1) is 12.5. The van der Waals surface area contributed by atoms with Gasteiger partial charge >= 0.3 is 0 Å². The first-order valence-electron chi connectivity index (χ1n) is 5.95. The molecule has 1 fully saturated rings. The van der Waals surface area contributed by atoms with Gasteiger partial charge in [-0.3, -0.25) is 4.90 Å². The lowest BCUT2D eigenvalue weighted by Crippen LogP contribution is -2.41. The first-order chi connectivity index (χ1) is 7.31. The summed E-state index contributed by atoms with van der Waals surface area (Å²) in [5.41, 5.74) is 0. The molecule has 15 heavy (non-hydrogen) atoms. The fourth-order valence-corrected chi connectivity index (χ4v) is 2.43. The highest BCUT2D eigenvalue weighted by Gasteiger charge is 2.25. The van der Waals surface area contributed by atoms with Crippen molar-refractivity contribution >= 4 is 0 Å². The zero-order valence-corrected chi connectivity index (χ0v) is 9.91. The summed E-state index contributed by atoms with van der Waals surface area (Å²) in [5.74, 6) is 0. The van der Waals surface area contributed by atoms with Crippen LogP contribution in [0.3, 0.4) is 0 Å². The van der Waals surface area contributed by atoms with Crippen molar-refractivity contribution in [3.05, 3.63) is 0 Å². The maximum Gasteiger partial charge on any atom is 0.0868 e. The summed E-state index contributed by atoms with van der Waals surface area (Å²) in [6, 6.07) is 2.83. The monoisotopic (exact) mass is 210 g/mol. The molecule has 2 atom stereocenters. The lowest BCUT2D eigenvalue weighted by atomic mass is 9.91. The van der Waals surface area contributed by atoms with Crippen molar-refractivity contribution in [2.24, 2.45) is 0 Å². The van der Waals surface area contributed by atoms with E-state index in [4.69, 9.17) is 10.00 Å². The highest BCUT2D eigenvalue weighted by molar-refractivity contribution is 4.85. The predicted octanol–water partition coefficient (Wildman–Crippen LogP) is 2.18. The molecule has 0 aromatic heterocycles. The molecule has 0 amide bonds. The Hall–Kier alpha value is -0.590. The molecule has 3 nitrogen and oxygen atoms in total. The number of nitrogens with zero attached hydrogens (tertiary/aromatic N) is 2. The van der Waals surface area contributed by atoms with Crippen LogP contribution in [0.1, 0.15) is 39.0 Å². The van der Waals surface area contributed by atoms with Crippen molar-refractivity contribution in [1.29, 1.82) is 5.26 Å². The fourth-order valence-electron chi connectivity index (χ4n) is 2.43. The second-order valence-corrected chi connectivity index (χ2v) is 4.31. The number of methoxy groups -OCH3 is 1. The van der Waals surface area contributed by atoms with Crippen LogP contribution in [0.4, 0.5) is 0 Å². The maximum atomic E-state index is 8.79. The van der Waals surface area contributed by atoms with Crippen molar-refractivity contribution in [2.75, 3.05) is 20.2 Å². The summed E-state index contributed by atoms with van der Waals surface area (Å²) in [5, 5.41) is 8.79. The quantitative estimate of drug-likeness (QED) is 0.653. The number of ether oxygens (including phenoxy) is 1. The molecule has 0 saturated heterocycles. The topological polar surface area (TPSA) is 36.3 Å². The summed E-state index contributed by atoms with van der Waals surface area (Å²) >= 11 is 0. The molecule has 0 aromatic rings. The Bertz CT molecular complexity index is 212. The number of hydrogen-bond acceptors (Lipinski definition) is 3. The van der Waals surface area contributed by atoms with E-state index in [1.54, 1.807) is 7.11 Å². The van der Waals surface area contributed by atoms with Crippen molar-refractivity contribution in [3.63, 3.8) is 0 Å². The molecule has 0 radical (unpaired) electrons. The molecule has 0 spiro atoms. The number of nitriles is 1. The summed E-state index contributed by atoms with van der Waals surface area (Å²) in [7, 11) is 1.79. The van der Waals surface area contributed by atoms with E-state index in [0.717, 1.165) is 19.4 Å². The van der Waals surface area contributed by atoms with Gasteiger partial charge in [-0.05, 0) is 38.6 Å². The first-order valence-corrected chi connectivity index (χ1v) is 5.95. The third-order valence-corrected chi connectivity index (χ3v) is 3.23. The molecule has 2 unspecified atom stereocenters. The normalized spacial score (nSPS) is 26.5. The summed E-state index contributed by atoms with van der Waals surface area (Å²) in [6.07, 6.45) is 6.26. The molecule has 0 aromatic carbocycles. The molecular weight excluding hydrogens is 188 g/mol. The van der Waals surface area contributed by atoms with Gasteiger partial charge in [0, 0.05) is 13.2 Å². The van der Waals surface area contributed by atoms with Crippen molar-refractivity contribution in [2.45, 2.75) is 51.2 Å². The Morgan fingerprint density at radius 1 is 1.47 bits per heavy atom. The second-order valence-electron chi connectivity index (χ2n) is 4.31. The number of rotatable bonds is 5. The van der Waals surface area contributed by atoms with E-state index in [-0.39, 0.29) is 0 Å². The molecule has 0 N–H and O–H groups in total. The van der Waals surface area contributed by atoms with E-state index in [0.29, 0.717) is 18.7 Å². The molecule has 1 aliphatic rings. The summed E-state index contributed by atoms with van der Waals surface area (Å²) in [6.45, 7) is 3.77. The van der Waals surface area contributed by atoms with E-state index in [1.165, 1.54) is 19.3 Å². The standard InChI is InChI=1S/C12H22N2O/c1-3-8-14(9-7-13)11-5-4-6-12(10-11)15-2/h11-12H,3-6,8-10H2,1-2H3. The van der Waals surface area contributed by atoms with Gasteiger partial charge in [-0.15, -0.1) is 0 Å². The molecule has 3 heteroatoms. The Balaban J connectivity index is 2.47. The predicted molar refractivity (Wildman–Crippen MR) is 60.5 cm³/mol. The van der Waals surface area contributed by atoms with E-state index < -0.39 is 0 Å². The van der Waals surface area contributed by atoms with Crippen LogP contribution >= 0.6 is 0 Å². The van der Waals surface area contributed by atoms with Crippen molar-refractivity contribution in [3.8, 4) is 6.07 Å². The van der Waals surface area contributed by atoms with E-state index >= 15 is 0 Å². The summed E-state index contributed by atoms with van der Waals surface area (Å²) in [4.78, 5) is 2.31. The summed E-state index contributed by atoms with van der Waals surface area (Å²) < 4.78 is 5.42. The minimum absolute atomic E-state index is 0.404. The van der Waals surface area contributed by atoms with Gasteiger partial charge in [0.15, 0.2) is 0 Å². The van der Waals surface area contributed by atoms with Crippen LogP contribution in [0, 0.1) is 11.3 Å². The highest BCUT2D eigenvalue weighted by Crippen LogP contribution is 2.24. The zero-order chi connectivity index (χ0) is 11.1. The van der Waals surface area contributed by atoms with Crippen molar-refractivity contribution in [1.82, 2.24) is 4.90 Å². The average Bonchev–Trinajstić information content (AvgIpc) is 2.29. The Kier molecular flexibility index (Phi) is 5.67. The van der Waals surface area contributed by atoms with Gasteiger partial charge < -0.3 is 4.74 Å². The van der Waals surface area contributed by atoms with Gasteiger partial charge in [0.1, 0.15) is 0 Å². The third kappa shape index (κ3) is 3.81. The molecule has 0 bridgehead atoms. The zero-order valence-electron chi connectivity index (χ0n) is 9.91. The second kappa shape index (κ2) is 6.81. The van der Waals surface area contributed by atoms with Gasteiger partial charge in [0.2, 0.25) is 0 Å². The molecule has 86 valence electrons. The van der Waals surface area contributed by atoms with Crippen LogP contribution in [-0.4, -0.2) is 37.2 Å². The number of hydrogen-bond donors (Lipinski definition) is 0. The van der Waals surface area contributed by atoms with Crippen LogP contribution in [-0.2, 0) is 4.74 Å². The van der Waals surface area contributed by atoms with Crippen LogP contribution in [0.2, 0.25) is 0 Å². The van der Waals surface area contributed by atoms with Crippen LogP contribution in [0.25, 0.3) is 0 Å². The van der Waals surface area contributed by atoms with Crippen LogP contribution in [0.15, 0.2) is 0 Å². The molecule has 1 rings (SSSR count). The average molecular weight is 210 g/mol. The Labute approximate surface area is 93.0 Å². The molecule has 1 saturated carbocycles. The Morgan fingerprint density at radius 2 is 2.27 bits per heavy atom. The van der Waals surface area contributed by atoms with E-state index in [1.807, 2.05) is 0 Å². The van der Waals surface area contributed by atoms with Gasteiger partial charge in [0.05, 0.1) is 18.7 Å². The van der Waals surface area contributed by atoms with Crippen LogP contribution in [0.5, 0.6) is 0 Å². The van der Waals surface area contributed by atoms with Gasteiger partial charge in [-0.1, -0.05) is 6.92 Å². The minimum Gasteiger partial charge on any atom is -0.381 e. The SMILES string of the molecule is CCCN(CC#N)C1CCCC(OC)C1. The lowest BCUT2D eigenvalue weighted by Gasteiger charge is -2.35. The molecule has 1 aliphatic carbocycles. The largest absolute Gasteiger partial charge is 0.381 e. The maximum absolute atomic E-state index is 8.79. The van der Waals surface area contributed by atoms with Crippen LogP contribution < -0.4 is 0 Å². The smallest absolute Gasteiger partial charge is 0.0868 e. The van der Waals surface area contributed by atoms with E-state index in [9.17, 15) is 0 Å². The van der Waals surface area contributed by atoms with Crippen molar-refractivity contribution < 1.29 is 4.74 Å². The Morgan fingerprint density at radius 3 is 2.87 bits per heavy atom. The third-order valence-electron chi connectivity index (χ3n) is 3.23. The molecule has 0 aliphatic heterocycles. The fraction of sp³-hybridized carbons (Fsp3) is 0.917. The van der Waals surface area contributed by atoms with Gasteiger partial charge in [-0.2, -0.15) is 5.26 Å².